The zero-order chi connectivity index (χ0) is 34.9. The van der Waals surface area contributed by atoms with Gasteiger partial charge in [0.25, 0.3) is 0 Å². The Kier molecular flexibility index (Phi) is 32.3. The van der Waals surface area contributed by atoms with Gasteiger partial charge in [-0.2, -0.15) is 0 Å². The zero-order valence-electron chi connectivity index (χ0n) is 29.9. The molecule has 0 aliphatic carbocycles. The fraction of sp³-hybridized carbons (Fsp3) is 0.889. The molecule has 0 aliphatic heterocycles. The van der Waals surface area contributed by atoms with E-state index in [-0.39, 0.29) is 13.0 Å². The number of phosphoric acid groups is 1. The fourth-order valence-corrected chi connectivity index (χ4v) is 5.85. The number of carboxylic acid groups (broad SMARTS) is 1. The quantitative estimate of drug-likeness (QED) is 0.0250. The normalized spacial score (nSPS) is 14.3. The zero-order valence-corrected chi connectivity index (χ0v) is 30.8. The van der Waals surface area contributed by atoms with Crippen LogP contribution in [0, 0.1) is 0 Å². The number of phosphoric ester groups is 1. The molecule has 47 heavy (non-hydrogen) atoms. The van der Waals surface area contributed by atoms with E-state index in [0.29, 0.717) is 13.0 Å². The number of carbonyl (C=O) groups excluding carboxylic acids is 1. The first-order valence-electron chi connectivity index (χ1n) is 18.7. The van der Waals surface area contributed by atoms with Crippen molar-refractivity contribution in [2.24, 2.45) is 5.73 Å². The van der Waals surface area contributed by atoms with Crippen molar-refractivity contribution >= 4 is 19.8 Å². The van der Waals surface area contributed by atoms with E-state index >= 15 is 0 Å². The van der Waals surface area contributed by atoms with Crippen molar-refractivity contribution in [3.63, 3.8) is 0 Å². The average molecular weight is 692 g/mol. The molecule has 10 nitrogen and oxygen atoms in total. The van der Waals surface area contributed by atoms with E-state index in [1.165, 1.54) is 96.3 Å². The minimum atomic E-state index is -4.60. The van der Waals surface area contributed by atoms with Gasteiger partial charge in [0.15, 0.2) is 0 Å². The van der Waals surface area contributed by atoms with Gasteiger partial charge in [-0.05, 0) is 38.5 Å². The van der Waals surface area contributed by atoms with Gasteiger partial charge in [-0.3, -0.25) is 18.6 Å². The number of aliphatic carboxylic acids is 1. The van der Waals surface area contributed by atoms with Crippen LogP contribution in [0.25, 0.3) is 0 Å². The minimum absolute atomic E-state index is 0.0171. The number of rotatable bonds is 36. The Bertz CT molecular complexity index is 811. The van der Waals surface area contributed by atoms with Gasteiger partial charge in [0.1, 0.15) is 12.1 Å². The van der Waals surface area contributed by atoms with E-state index in [0.717, 1.165) is 44.9 Å². The molecule has 0 heterocycles. The predicted octanol–water partition coefficient (Wildman–Crippen LogP) is 9.42. The molecule has 0 fully saturated rings. The summed E-state index contributed by atoms with van der Waals surface area (Å²) in [4.78, 5) is 33.3. The lowest BCUT2D eigenvalue weighted by molar-refractivity contribution is -0.154. The van der Waals surface area contributed by atoms with E-state index in [1.54, 1.807) is 0 Å². The topological polar surface area (TPSA) is 155 Å². The van der Waals surface area contributed by atoms with Crippen molar-refractivity contribution in [1.29, 1.82) is 0 Å². The van der Waals surface area contributed by atoms with Gasteiger partial charge < -0.3 is 25.2 Å². The minimum Gasteiger partial charge on any atom is -0.480 e. The number of hydrogen-bond donors (Lipinski definition) is 3. The SMILES string of the molecule is CCCCCCCC/C=C\CCCCCCCCOCC(COP(=O)(O)OCC(N)C(=O)O)OC(=O)CCCCCCCCCCC. The highest BCUT2D eigenvalue weighted by Gasteiger charge is 2.27. The van der Waals surface area contributed by atoms with E-state index in [1.807, 2.05) is 0 Å². The smallest absolute Gasteiger partial charge is 0.472 e. The number of nitrogens with two attached hydrogens (primary N) is 1. The lowest BCUT2D eigenvalue weighted by Gasteiger charge is -2.20. The fourth-order valence-electron chi connectivity index (χ4n) is 5.07. The molecule has 3 atom stereocenters. The lowest BCUT2D eigenvalue weighted by atomic mass is 10.1. The average Bonchev–Trinajstić information content (AvgIpc) is 3.04. The van der Waals surface area contributed by atoms with Gasteiger partial charge in [0.05, 0.1) is 19.8 Å². The van der Waals surface area contributed by atoms with Crippen LogP contribution < -0.4 is 5.73 Å². The summed E-state index contributed by atoms with van der Waals surface area (Å²) in [5, 5.41) is 8.84. The van der Waals surface area contributed by atoms with Crippen molar-refractivity contribution in [3.05, 3.63) is 12.2 Å². The van der Waals surface area contributed by atoms with Crippen LogP contribution in [-0.4, -0.2) is 60.5 Å². The first-order valence-corrected chi connectivity index (χ1v) is 20.2. The number of carboxylic acids is 1. The second kappa shape index (κ2) is 33.2. The third kappa shape index (κ3) is 33.0. The molecule has 0 radical (unpaired) electrons. The second-order valence-electron chi connectivity index (χ2n) is 12.7. The summed E-state index contributed by atoms with van der Waals surface area (Å²) < 4.78 is 33.1. The van der Waals surface area contributed by atoms with Crippen molar-refractivity contribution in [3.8, 4) is 0 Å². The predicted molar refractivity (Wildman–Crippen MR) is 189 cm³/mol. The highest BCUT2D eigenvalue weighted by molar-refractivity contribution is 7.47. The van der Waals surface area contributed by atoms with E-state index in [2.05, 4.69) is 30.5 Å². The summed E-state index contributed by atoms with van der Waals surface area (Å²) in [6, 6.07) is -1.47. The third-order valence-electron chi connectivity index (χ3n) is 8.04. The maximum absolute atomic E-state index is 12.5. The van der Waals surface area contributed by atoms with Crippen molar-refractivity contribution in [2.45, 2.75) is 180 Å². The summed E-state index contributed by atoms with van der Waals surface area (Å²) in [7, 11) is -4.60. The van der Waals surface area contributed by atoms with E-state index in [4.69, 9.17) is 24.8 Å². The first kappa shape index (κ1) is 45.7. The number of esters is 1. The molecular formula is C36H70NO9P. The molecule has 4 N–H and O–H groups in total. The molecule has 0 aromatic carbocycles. The molecular weight excluding hydrogens is 621 g/mol. The second-order valence-corrected chi connectivity index (χ2v) is 14.2. The van der Waals surface area contributed by atoms with Crippen molar-refractivity contribution in [2.75, 3.05) is 26.4 Å². The van der Waals surface area contributed by atoms with Crippen molar-refractivity contribution < 1.29 is 42.7 Å². The van der Waals surface area contributed by atoms with Crippen molar-refractivity contribution in [1.82, 2.24) is 0 Å². The van der Waals surface area contributed by atoms with Crippen LogP contribution in [0.1, 0.15) is 168 Å². The van der Waals surface area contributed by atoms with E-state index in [9.17, 15) is 19.0 Å². The molecule has 0 bridgehead atoms. The van der Waals surface area contributed by atoms with Crippen LogP contribution in [0.3, 0.4) is 0 Å². The Morgan fingerprint density at radius 2 is 1.11 bits per heavy atom. The third-order valence-corrected chi connectivity index (χ3v) is 9.00. The highest BCUT2D eigenvalue weighted by atomic mass is 31.2. The van der Waals surface area contributed by atoms with Gasteiger partial charge in [0.2, 0.25) is 0 Å². The number of allylic oxidation sites excluding steroid dienone is 2. The molecule has 3 unspecified atom stereocenters. The van der Waals surface area contributed by atoms with Crippen LogP contribution in [0.2, 0.25) is 0 Å². The molecule has 0 saturated heterocycles. The Morgan fingerprint density at radius 3 is 1.62 bits per heavy atom. The maximum Gasteiger partial charge on any atom is 0.472 e. The number of hydrogen-bond acceptors (Lipinski definition) is 8. The summed E-state index contributed by atoms with van der Waals surface area (Å²) in [6.07, 6.45) is 31.3. The molecule has 0 spiro atoms. The molecule has 278 valence electrons. The largest absolute Gasteiger partial charge is 0.480 e. The molecule has 0 aromatic rings. The lowest BCUT2D eigenvalue weighted by Crippen LogP contribution is -2.34. The first-order chi connectivity index (χ1) is 22.7. The van der Waals surface area contributed by atoms with Crippen LogP contribution >= 0.6 is 7.82 Å². The van der Waals surface area contributed by atoms with Gasteiger partial charge in [-0.15, -0.1) is 0 Å². The van der Waals surface area contributed by atoms with Gasteiger partial charge in [0, 0.05) is 13.0 Å². The Balaban J connectivity index is 4.26. The van der Waals surface area contributed by atoms with Gasteiger partial charge in [-0.25, -0.2) is 4.57 Å². The Labute approximate surface area is 286 Å². The maximum atomic E-state index is 12.5. The molecule has 0 saturated carbocycles. The number of ether oxygens (including phenoxy) is 2. The summed E-state index contributed by atoms with van der Waals surface area (Å²) in [5.41, 5.74) is 5.33. The Morgan fingerprint density at radius 1 is 0.660 bits per heavy atom. The van der Waals surface area contributed by atoms with Crippen LogP contribution in [0.4, 0.5) is 0 Å². The standard InChI is InChI=1S/C36H70NO9P/c1-3-5-7-9-11-13-14-15-16-17-18-19-21-23-25-27-29-43-30-33(31-44-47(41,42)45-32-34(37)36(39)40)46-35(38)28-26-24-22-20-12-10-8-6-4-2/h15-16,33-34H,3-14,17-32,37H2,1-2H3,(H,39,40)(H,41,42)/b16-15-. The molecule has 11 heteroatoms. The summed E-state index contributed by atoms with van der Waals surface area (Å²) in [6.45, 7) is 3.83. The van der Waals surface area contributed by atoms with Crippen LogP contribution in [-0.2, 0) is 32.7 Å². The summed E-state index contributed by atoms with van der Waals surface area (Å²) >= 11 is 0. The van der Waals surface area contributed by atoms with Gasteiger partial charge >= 0.3 is 19.8 Å². The van der Waals surface area contributed by atoms with E-state index < -0.39 is 45.1 Å². The molecule has 0 aromatic heterocycles. The van der Waals surface area contributed by atoms with Crippen LogP contribution in [0.5, 0.6) is 0 Å². The summed E-state index contributed by atoms with van der Waals surface area (Å²) in [5.74, 6) is -1.78. The Hall–Kier alpha value is -1.29. The number of unbranched alkanes of at least 4 members (excludes halogenated alkanes) is 20. The van der Waals surface area contributed by atoms with Crippen LogP contribution in [0.15, 0.2) is 12.2 Å². The monoisotopic (exact) mass is 691 g/mol. The molecule has 0 aliphatic rings. The molecule has 0 rings (SSSR count). The van der Waals surface area contributed by atoms with Gasteiger partial charge in [-0.1, -0.05) is 135 Å². The number of carbonyl (C=O) groups is 2. The highest BCUT2D eigenvalue weighted by Crippen LogP contribution is 2.43. The molecule has 0 amide bonds.